The molecule has 2 N–H and O–H groups in total. The van der Waals surface area contributed by atoms with Crippen LogP contribution in [0.2, 0.25) is 0 Å². The van der Waals surface area contributed by atoms with E-state index in [1.54, 1.807) is 4.90 Å². The number of carbonyl (C=O) groups is 2. The summed E-state index contributed by atoms with van der Waals surface area (Å²) < 4.78 is 0. The lowest BCUT2D eigenvalue weighted by Gasteiger charge is -2.20. The van der Waals surface area contributed by atoms with Crippen molar-refractivity contribution in [1.82, 2.24) is 10.2 Å². The average molecular weight is 242 g/mol. The molecule has 2 atom stereocenters. The van der Waals surface area contributed by atoms with Crippen molar-refractivity contribution < 1.29 is 14.7 Å². The van der Waals surface area contributed by atoms with Gasteiger partial charge in [0.05, 0.1) is 6.42 Å². The summed E-state index contributed by atoms with van der Waals surface area (Å²) in [5.74, 6) is -0.242. The van der Waals surface area contributed by atoms with Crippen molar-refractivity contribution in [3.05, 3.63) is 0 Å². The average Bonchev–Trinajstić information content (AvgIpc) is 2.97. The first kappa shape index (κ1) is 13.8. The molecule has 1 aliphatic carbocycles. The minimum Gasteiger partial charge on any atom is -0.481 e. The molecule has 0 saturated heterocycles. The van der Waals surface area contributed by atoms with Crippen molar-refractivity contribution in [2.45, 2.75) is 45.6 Å². The van der Waals surface area contributed by atoms with E-state index in [0.29, 0.717) is 18.5 Å². The SMILES string of the molecule is CCCC1CC1NC(=O)N(CC)CCC(=O)O. The molecule has 1 aliphatic rings. The van der Waals surface area contributed by atoms with Crippen molar-refractivity contribution in [1.29, 1.82) is 0 Å². The number of nitrogens with zero attached hydrogens (tertiary/aromatic N) is 1. The molecule has 0 heterocycles. The quantitative estimate of drug-likeness (QED) is 0.713. The maximum atomic E-state index is 11.8. The number of aliphatic carboxylic acids is 1. The third kappa shape index (κ3) is 4.63. The van der Waals surface area contributed by atoms with Crippen LogP contribution in [0.15, 0.2) is 0 Å². The highest BCUT2D eigenvalue weighted by Crippen LogP contribution is 2.34. The minimum absolute atomic E-state index is 0.00428. The Bertz CT molecular complexity index is 281. The van der Waals surface area contributed by atoms with Gasteiger partial charge in [0, 0.05) is 19.1 Å². The van der Waals surface area contributed by atoms with Gasteiger partial charge >= 0.3 is 12.0 Å². The van der Waals surface area contributed by atoms with Gasteiger partial charge in [0.15, 0.2) is 0 Å². The highest BCUT2D eigenvalue weighted by molar-refractivity contribution is 5.76. The van der Waals surface area contributed by atoms with E-state index in [2.05, 4.69) is 12.2 Å². The second-order valence-corrected chi connectivity index (χ2v) is 4.56. The fourth-order valence-corrected chi connectivity index (χ4v) is 2.00. The van der Waals surface area contributed by atoms with Crippen LogP contribution in [-0.2, 0) is 4.79 Å². The van der Waals surface area contributed by atoms with Gasteiger partial charge in [0.2, 0.25) is 0 Å². The van der Waals surface area contributed by atoms with E-state index in [1.165, 1.54) is 0 Å². The Morgan fingerprint density at radius 1 is 1.41 bits per heavy atom. The monoisotopic (exact) mass is 242 g/mol. The molecule has 0 aromatic carbocycles. The first-order valence-corrected chi connectivity index (χ1v) is 6.35. The van der Waals surface area contributed by atoms with Crippen LogP contribution < -0.4 is 5.32 Å². The summed E-state index contributed by atoms with van der Waals surface area (Å²) in [4.78, 5) is 23.8. The molecule has 0 aromatic rings. The van der Waals surface area contributed by atoms with E-state index in [4.69, 9.17) is 5.11 Å². The number of amides is 2. The zero-order chi connectivity index (χ0) is 12.8. The summed E-state index contributed by atoms with van der Waals surface area (Å²) in [5, 5.41) is 11.5. The highest BCUT2D eigenvalue weighted by Gasteiger charge is 2.37. The van der Waals surface area contributed by atoms with E-state index < -0.39 is 5.97 Å². The van der Waals surface area contributed by atoms with Crippen LogP contribution in [0.1, 0.15) is 39.5 Å². The normalized spacial score (nSPS) is 22.0. The number of carbonyl (C=O) groups excluding carboxylic acids is 1. The van der Waals surface area contributed by atoms with Crippen molar-refractivity contribution >= 4 is 12.0 Å². The highest BCUT2D eigenvalue weighted by atomic mass is 16.4. The second-order valence-electron chi connectivity index (χ2n) is 4.56. The Balaban J connectivity index is 2.27. The number of hydrogen-bond donors (Lipinski definition) is 2. The Hall–Kier alpha value is -1.26. The standard InChI is InChI=1S/C12H22N2O3/c1-3-5-9-8-10(9)13-12(17)14(4-2)7-6-11(15)16/h9-10H,3-8H2,1-2H3,(H,13,17)(H,15,16). The summed E-state index contributed by atoms with van der Waals surface area (Å²) in [6.07, 6.45) is 3.38. The maximum absolute atomic E-state index is 11.8. The van der Waals surface area contributed by atoms with Crippen LogP contribution in [0.25, 0.3) is 0 Å². The molecular formula is C12H22N2O3. The fraction of sp³-hybridized carbons (Fsp3) is 0.833. The van der Waals surface area contributed by atoms with Crippen LogP contribution >= 0.6 is 0 Å². The number of carboxylic acid groups (broad SMARTS) is 1. The maximum Gasteiger partial charge on any atom is 0.317 e. The van der Waals surface area contributed by atoms with Crippen LogP contribution in [0, 0.1) is 5.92 Å². The molecule has 98 valence electrons. The Labute approximate surface area is 102 Å². The van der Waals surface area contributed by atoms with Crippen LogP contribution in [0.5, 0.6) is 0 Å². The third-order valence-electron chi connectivity index (χ3n) is 3.16. The Morgan fingerprint density at radius 3 is 2.65 bits per heavy atom. The van der Waals surface area contributed by atoms with Gasteiger partial charge < -0.3 is 15.3 Å². The van der Waals surface area contributed by atoms with Gasteiger partial charge in [0.25, 0.3) is 0 Å². The molecule has 0 spiro atoms. The zero-order valence-electron chi connectivity index (χ0n) is 10.6. The molecule has 1 saturated carbocycles. The van der Waals surface area contributed by atoms with E-state index >= 15 is 0 Å². The predicted octanol–water partition coefficient (Wildman–Crippen LogP) is 1.68. The van der Waals surface area contributed by atoms with E-state index in [9.17, 15) is 9.59 Å². The molecule has 0 radical (unpaired) electrons. The van der Waals surface area contributed by atoms with E-state index in [1.807, 2.05) is 6.92 Å². The summed E-state index contributed by atoms with van der Waals surface area (Å²) in [6, 6.07) is 0.179. The number of hydrogen-bond acceptors (Lipinski definition) is 2. The molecule has 1 fully saturated rings. The van der Waals surface area contributed by atoms with E-state index in [0.717, 1.165) is 19.3 Å². The van der Waals surface area contributed by atoms with E-state index in [-0.39, 0.29) is 19.0 Å². The van der Waals surface area contributed by atoms with Gasteiger partial charge in [0.1, 0.15) is 0 Å². The lowest BCUT2D eigenvalue weighted by molar-refractivity contribution is -0.137. The Morgan fingerprint density at radius 2 is 2.12 bits per heavy atom. The smallest absolute Gasteiger partial charge is 0.317 e. The zero-order valence-corrected chi connectivity index (χ0v) is 10.6. The first-order chi connectivity index (χ1) is 8.08. The number of urea groups is 1. The van der Waals surface area contributed by atoms with Gasteiger partial charge in [-0.15, -0.1) is 0 Å². The predicted molar refractivity (Wildman–Crippen MR) is 64.8 cm³/mol. The van der Waals surface area contributed by atoms with Crippen LogP contribution in [0.4, 0.5) is 4.79 Å². The minimum atomic E-state index is -0.869. The van der Waals surface area contributed by atoms with Gasteiger partial charge in [-0.1, -0.05) is 13.3 Å². The number of nitrogens with one attached hydrogen (secondary N) is 1. The van der Waals surface area contributed by atoms with Crippen molar-refractivity contribution in [2.24, 2.45) is 5.92 Å². The molecule has 5 heteroatoms. The number of carboxylic acids is 1. The topological polar surface area (TPSA) is 69.6 Å². The third-order valence-corrected chi connectivity index (χ3v) is 3.16. The summed E-state index contributed by atoms with van der Waals surface area (Å²) >= 11 is 0. The lowest BCUT2D eigenvalue weighted by Crippen LogP contribution is -2.42. The Kier molecular flexibility index (Phi) is 5.25. The molecular weight excluding hydrogens is 220 g/mol. The summed E-state index contributed by atoms with van der Waals surface area (Å²) in [6.45, 7) is 4.83. The summed E-state index contributed by atoms with van der Waals surface area (Å²) in [5.41, 5.74) is 0. The largest absolute Gasteiger partial charge is 0.481 e. The van der Waals surface area contributed by atoms with Crippen molar-refractivity contribution in [2.75, 3.05) is 13.1 Å². The van der Waals surface area contributed by atoms with Crippen molar-refractivity contribution in [3.63, 3.8) is 0 Å². The first-order valence-electron chi connectivity index (χ1n) is 6.35. The molecule has 1 rings (SSSR count). The number of rotatable bonds is 7. The van der Waals surface area contributed by atoms with Crippen LogP contribution in [-0.4, -0.2) is 41.1 Å². The van der Waals surface area contributed by atoms with Crippen molar-refractivity contribution in [3.8, 4) is 0 Å². The second kappa shape index (κ2) is 6.47. The molecule has 2 unspecified atom stereocenters. The van der Waals surface area contributed by atoms with Crippen LogP contribution in [0.3, 0.4) is 0 Å². The molecule has 5 nitrogen and oxygen atoms in total. The summed E-state index contributed by atoms with van der Waals surface area (Å²) in [7, 11) is 0. The van der Waals surface area contributed by atoms with Gasteiger partial charge in [-0.2, -0.15) is 0 Å². The molecule has 17 heavy (non-hydrogen) atoms. The lowest BCUT2D eigenvalue weighted by atomic mass is 10.2. The van der Waals surface area contributed by atoms with Gasteiger partial charge in [-0.25, -0.2) is 4.79 Å². The molecule has 2 amide bonds. The molecule has 0 bridgehead atoms. The van der Waals surface area contributed by atoms with Gasteiger partial charge in [-0.05, 0) is 25.7 Å². The van der Waals surface area contributed by atoms with Gasteiger partial charge in [-0.3, -0.25) is 4.79 Å². The fourth-order valence-electron chi connectivity index (χ4n) is 2.00. The molecule has 0 aromatic heterocycles. The molecule has 0 aliphatic heterocycles.